The molecule has 1 amide bonds. The van der Waals surface area contributed by atoms with Gasteiger partial charge >= 0.3 is 0 Å². The normalized spacial score (nSPS) is 10.2. The minimum absolute atomic E-state index is 0.222. The van der Waals surface area contributed by atoms with E-state index in [1.807, 2.05) is 0 Å². The monoisotopic (exact) mass is 330 g/mol. The Bertz CT molecular complexity index is 570. The molecule has 0 unspecified atom stereocenters. The first kappa shape index (κ1) is 12.4. The maximum atomic E-state index is 11.9. The highest BCUT2D eigenvalue weighted by Crippen LogP contribution is 2.27. The highest BCUT2D eigenvalue weighted by Gasteiger charge is 2.12. The quantitative estimate of drug-likeness (QED) is 0.874. The lowest BCUT2D eigenvalue weighted by Crippen LogP contribution is -2.12. The standard InChI is InChI=1S/C11H8BrClN2OS/c12-7-5-6(13)1-2-9(7)15-11(16)10-8(14)3-4-17-10/h1-5H,14H2,(H,15,16). The molecule has 0 bridgehead atoms. The van der Waals surface area contributed by atoms with Crippen LogP contribution in [-0.4, -0.2) is 5.91 Å². The van der Waals surface area contributed by atoms with E-state index >= 15 is 0 Å². The van der Waals surface area contributed by atoms with E-state index in [-0.39, 0.29) is 5.91 Å². The van der Waals surface area contributed by atoms with Gasteiger partial charge in [-0.15, -0.1) is 11.3 Å². The molecule has 1 aromatic heterocycles. The van der Waals surface area contributed by atoms with Crippen molar-refractivity contribution in [1.82, 2.24) is 0 Å². The number of hydrogen-bond donors (Lipinski definition) is 2. The van der Waals surface area contributed by atoms with Crippen LogP contribution in [0, 0.1) is 0 Å². The predicted molar refractivity (Wildman–Crippen MR) is 75.8 cm³/mol. The van der Waals surface area contributed by atoms with Crippen LogP contribution in [-0.2, 0) is 0 Å². The number of nitrogens with one attached hydrogen (secondary N) is 1. The zero-order valence-electron chi connectivity index (χ0n) is 8.54. The number of nitrogen functional groups attached to an aromatic ring is 1. The van der Waals surface area contributed by atoms with Crippen molar-refractivity contribution in [2.45, 2.75) is 0 Å². The lowest BCUT2D eigenvalue weighted by Gasteiger charge is -2.07. The number of halogens is 2. The highest BCUT2D eigenvalue weighted by molar-refractivity contribution is 9.10. The summed E-state index contributed by atoms with van der Waals surface area (Å²) >= 11 is 10.5. The number of carbonyl (C=O) groups excluding carboxylic acids is 1. The molecular formula is C11H8BrClN2OS. The Hall–Kier alpha value is -1.04. The van der Waals surface area contributed by atoms with Crippen molar-refractivity contribution in [1.29, 1.82) is 0 Å². The first-order chi connectivity index (χ1) is 8.08. The third-order valence-corrected chi connectivity index (χ3v) is 3.90. The Labute approximate surface area is 116 Å². The lowest BCUT2D eigenvalue weighted by atomic mass is 10.3. The largest absolute Gasteiger partial charge is 0.397 e. The van der Waals surface area contributed by atoms with Crippen LogP contribution in [0.3, 0.4) is 0 Å². The van der Waals surface area contributed by atoms with E-state index in [1.54, 1.807) is 29.6 Å². The van der Waals surface area contributed by atoms with Crippen molar-refractivity contribution in [3.8, 4) is 0 Å². The van der Waals surface area contributed by atoms with Gasteiger partial charge in [-0.3, -0.25) is 4.79 Å². The molecule has 0 radical (unpaired) electrons. The van der Waals surface area contributed by atoms with E-state index < -0.39 is 0 Å². The second kappa shape index (κ2) is 5.08. The van der Waals surface area contributed by atoms with Gasteiger partial charge in [-0.05, 0) is 45.6 Å². The van der Waals surface area contributed by atoms with Crippen molar-refractivity contribution in [3.63, 3.8) is 0 Å². The topological polar surface area (TPSA) is 55.1 Å². The summed E-state index contributed by atoms with van der Waals surface area (Å²) in [6.07, 6.45) is 0. The molecule has 0 aliphatic carbocycles. The van der Waals surface area contributed by atoms with Crippen LogP contribution >= 0.6 is 38.9 Å². The zero-order chi connectivity index (χ0) is 12.4. The third-order valence-electron chi connectivity index (χ3n) is 2.08. The summed E-state index contributed by atoms with van der Waals surface area (Å²) in [5.41, 5.74) is 6.82. The summed E-state index contributed by atoms with van der Waals surface area (Å²) in [4.78, 5) is 12.4. The highest BCUT2D eigenvalue weighted by atomic mass is 79.9. The summed E-state index contributed by atoms with van der Waals surface area (Å²) in [5, 5.41) is 5.15. The van der Waals surface area contributed by atoms with E-state index in [4.69, 9.17) is 17.3 Å². The van der Waals surface area contributed by atoms with Gasteiger partial charge in [-0.1, -0.05) is 11.6 Å². The van der Waals surface area contributed by atoms with Gasteiger partial charge in [0.2, 0.25) is 0 Å². The smallest absolute Gasteiger partial charge is 0.267 e. The number of hydrogen-bond acceptors (Lipinski definition) is 3. The number of nitrogens with two attached hydrogens (primary N) is 1. The summed E-state index contributed by atoms with van der Waals surface area (Å²) in [5.74, 6) is -0.222. The molecule has 0 spiro atoms. The summed E-state index contributed by atoms with van der Waals surface area (Å²) in [7, 11) is 0. The van der Waals surface area contributed by atoms with Gasteiger partial charge in [0, 0.05) is 9.50 Å². The fraction of sp³-hybridized carbons (Fsp3) is 0. The number of thiophene rings is 1. The first-order valence-electron chi connectivity index (χ1n) is 4.67. The molecule has 2 rings (SSSR count). The molecule has 88 valence electrons. The maximum Gasteiger partial charge on any atom is 0.267 e. The minimum atomic E-state index is -0.222. The molecule has 17 heavy (non-hydrogen) atoms. The minimum Gasteiger partial charge on any atom is -0.397 e. The zero-order valence-corrected chi connectivity index (χ0v) is 11.7. The SMILES string of the molecule is Nc1ccsc1C(=O)Nc1ccc(Cl)cc1Br. The number of carbonyl (C=O) groups is 1. The van der Waals surface area contributed by atoms with E-state index in [9.17, 15) is 4.79 Å². The number of benzene rings is 1. The predicted octanol–water partition coefficient (Wildman–Crippen LogP) is 4.00. The molecule has 0 atom stereocenters. The second-order valence-electron chi connectivity index (χ2n) is 3.28. The van der Waals surface area contributed by atoms with Gasteiger partial charge in [0.1, 0.15) is 4.88 Å². The van der Waals surface area contributed by atoms with Gasteiger partial charge in [0.25, 0.3) is 5.91 Å². The van der Waals surface area contributed by atoms with Crippen LogP contribution in [0.5, 0.6) is 0 Å². The molecule has 0 saturated carbocycles. The fourth-order valence-electron chi connectivity index (χ4n) is 1.27. The molecule has 3 nitrogen and oxygen atoms in total. The molecule has 0 aliphatic rings. The van der Waals surface area contributed by atoms with Crippen LogP contribution in [0.15, 0.2) is 34.1 Å². The van der Waals surface area contributed by atoms with Crippen molar-refractivity contribution < 1.29 is 4.79 Å². The number of amides is 1. The molecule has 0 saturated heterocycles. The Kier molecular flexibility index (Phi) is 3.71. The third kappa shape index (κ3) is 2.80. The van der Waals surface area contributed by atoms with E-state index in [0.29, 0.717) is 21.3 Å². The molecule has 1 aromatic carbocycles. The summed E-state index contributed by atoms with van der Waals surface area (Å²) < 4.78 is 0.730. The fourth-order valence-corrected chi connectivity index (χ4v) is 2.77. The average molecular weight is 332 g/mol. The average Bonchev–Trinajstić information content (AvgIpc) is 2.68. The Morgan fingerprint density at radius 1 is 1.41 bits per heavy atom. The maximum absolute atomic E-state index is 11.9. The van der Waals surface area contributed by atoms with Gasteiger partial charge < -0.3 is 11.1 Å². The number of rotatable bonds is 2. The van der Waals surface area contributed by atoms with Crippen LogP contribution in [0.1, 0.15) is 9.67 Å². The van der Waals surface area contributed by atoms with Crippen molar-refractivity contribution >= 4 is 56.1 Å². The molecule has 2 aromatic rings. The molecular weight excluding hydrogens is 324 g/mol. The van der Waals surface area contributed by atoms with Crippen molar-refractivity contribution in [3.05, 3.63) is 44.0 Å². The van der Waals surface area contributed by atoms with Crippen molar-refractivity contribution in [2.75, 3.05) is 11.1 Å². The summed E-state index contributed by atoms with van der Waals surface area (Å²) in [6.45, 7) is 0. The second-order valence-corrected chi connectivity index (χ2v) is 5.49. The molecule has 0 aliphatic heterocycles. The molecule has 6 heteroatoms. The molecule has 0 fully saturated rings. The first-order valence-corrected chi connectivity index (χ1v) is 6.72. The summed E-state index contributed by atoms with van der Waals surface area (Å²) in [6, 6.07) is 6.86. The Morgan fingerprint density at radius 2 is 2.18 bits per heavy atom. The lowest BCUT2D eigenvalue weighted by molar-refractivity contribution is 0.103. The van der Waals surface area contributed by atoms with E-state index in [1.165, 1.54) is 11.3 Å². The van der Waals surface area contributed by atoms with Gasteiger partial charge in [-0.25, -0.2) is 0 Å². The van der Waals surface area contributed by atoms with Crippen LogP contribution in [0.25, 0.3) is 0 Å². The number of anilines is 2. The Morgan fingerprint density at radius 3 is 2.76 bits per heavy atom. The van der Waals surface area contributed by atoms with Crippen molar-refractivity contribution in [2.24, 2.45) is 0 Å². The Balaban J connectivity index is 2.22. The van der Waals surface area contributed by atoms with Crippen LogP contribution in [0.2, 0.25) is 5.02 Å². The van der Waals surface area contributed by atoms with Gasteiger partial charge in [0.05, 0.1) is 11.4 Å². The molecule has 1 heterocycles. The van der Waals surface area contributed by atoms with E-state index in [0.717, 1.165) is 4.47 Å². The molecule has 3 N–H and O–H groups in total. The van der Waals surface area contributed by atoms with Crippen LogP contribution < -0.4 is 11.1 Å². The van der Waals surface area contributed by atoms with Gasteiger partial charge in [-0.2, -0.15) is 0 Å². The van der Waals surface area contributed by atoms with Gasteiger partial charge in [0.15, 0.2) is 0 Å². The van der Waals surface area contributed by atoms with E-state index in [2.05, 4.69) is 21.2 Å². The van der Waals surface area contributed by atoms with Crippen LogP contribution in [0.4, 0.5) is 11.4 Å².